The van der Waals surface area contributed by atoms with Gasteiger partial charge in [-0.25, -0.2) is 0 Å². The van der Waals surface area contributed by atoms with Gasteiger partial charge in [0.2, 0.25) is 5.91 Å². The molecule has 0 bridgehead atoms. The van der Waals surface area contributed by atoms with Gasteiger partial charge in [0, 0.05) is 18.3 Å². The normalized spacial score (nSPS) is 17.2. The Bertz CT molecular complexity index is 468. The number of benzene rings is 1. The largest absolute Gasteiger partial charge is 0.493 e. The molecule has 1 aromatic carbocycles. The molecule has 1 aromatic rings. The van der Waals surface area contributed by atoms with Crippen molar-refractivity contribution in [2.75, 3.05) is 18.9 Å². The molecule has 0 spiro atoms. The second-order valence-electron chi connectivity index (χ2n) is 6.32. The van der Waals surface area contributed by atoms with Crippen LogP contribution in [0.5, 0.6) is 5.75 Å². The van der Waals surface area contributed by atoms with Crippen molar-refractivity contribution in [1.29, 1.82) is 0 Å². The number of ether oxygens (including phenoxy) is 1. The molecule has 0 heterocycles. The number of carbonyl (C=O) groups excluding carboxylic acids is 1. The number of carbonyl (C=O) groups is 1. The van der Waals surface area contributed by atoms with Crippen LogP contribution in [0.3, 0.4) is 0 Å². The molecule has 0 saturated heterocycles. The number of nitrogen functional groups attached to an aromatic ring is 1. The number of nitrogens with one attached hydrogen (secondary N) is 1. The van der Waals surface area contributed by atoms with Crippen LogP contribution in [0.25, 0.3) is 0 Å². The maximum Gasteiger partial charge on any atom is 0.223 e. The molecule has 1 saturated carbocycles. The molecule has 2 rings (SSSR count). The molecule has 1 amide bonds. The van der Waals surface area contributed by atoms with Gasteiger partial charge < -0.3 is 15.8 Å². The molecule has 0 unspecified atom stereocenters. The molecule has 4 heteroatoms. The summed E-state index contributed by atoms with van der Waals surface area (Å²) in [5, 5.41) is 3.05. The van der Waals surface area contributed by atoms with Crippen molar-refractivity contribution >= 4 is 11.6 Å². The van der Waals surface area contributed by atoms with Gasteiger partial charge in [-0.2, -0.15) is 0 Å². The van der Waals surface area contributed by atoms with E-state index in [1.54, 1.807) is 6.07 Å². The van der Waals surface area contributed by atoms with E-state index in [4.69, 9.17) is 10.5 Å². The molecule has 21 heavy (non-hydrogen) atoms. The standard InChI is InChI=1S/C17H26N2O2/c1-17(9-3-2-4-10-17)13-19-16(20)8-11-21-15-7-5-6-14(18)12-15/h5-7,12H,2-4,8-11,13,18H2,1H3,(H,19,20). The Labute approximate surface area is 127 Å². The fourth-order valence-corrected chi connectivity index (χ4v) is 2.85. The predicted octanol–water partition coefficient (Wildman–Crippen LogP) is 3.12. The van der Waals surface area contributed by atoms with Crippen LogP contribution in [-0.2, 0) is 4.79 Å². The lowest BCUT2D eigenvalue weighted by Gasteiger charge is -2.33. The van der Waals surface area contributed by atoms with Gasteiger partial charge in [0.25, 0.3) is 0 Å². The highest BCUT2D eigenvalue weighted by Gasteiger charge is 2.26. The Balaban J connectivity index is 1.65. The number of amides is 1. The van der Waals surface area contributed by atoms with E-state index in [1.807, 2.05) is 18.2 Å². The third-order valence-electron chi connectivity index (χ3n) is 4.23. The van der Waals surface area contributed by atoms with E-state index in [1.165, 1.54) is 32.1 Å². The molecule has 0 radical (unpaired) electrons. The lowest BCUT2D eigenvalue weighted by Crippen LogP contribution is -2.37. The molecule has 4 nitrogen and oxygen atoms in total. The number of hydrogen-bond donors (Lipinski definition) is 2. The van der Waals surface area contributed by atoms with Crippen LogP contribution < -0.4 is 15.8 Å². The van der Waals surface area contributed by atoms with Gasteiger partial charge in [-0.15, -0.1) is 0 Å². The highest BCUT2D eigenvalue weighted by molar-refractivity contribution is 5.76. The first kappa shape index (κ1) is 15.7. The van der Waals surface area contributed by atoms with Gasteiger partial charge in [0.1, 0.15) is 5.75 Å². The number of hydrogen-bond acceptors (Lipinski definition) is 3. The summed E-state index contributed by atoms with van der Waals surface area (Å²) >= 11 is 0. The predicted molar refractivity (Wildman–Crippen MR) is 85.2 cm³/mol. The first-order chi connectivity index (χ1) is 10.1. The Morgan fingerprint density at radius 1 is 1.33 bits per heavy atom. The summed E-state index contributed by atoms with van der Waals surface area (Å²) in [6.45, 7) is 3.44. The van der Waals surface area contributed by atoms with Gasteiger partial charge in [-0.05, 0) is 30.4 Å². The van der Waals surface area contributed by atoms with Crippen LogP contribution in [-0.4, -0.2) is 19.1 Å². The van der Waals surface area contributed by atoms with Gasteiger partial charge in [0.05, 0.1) is 13.0 Å². The average Bonchev–Trinajstić information content (AvgIpc) is 2.46. The molecule has 0 atom stereocenters. The molecule has 3 N–H and O–H groups in total. The summed E-state index contributed by atoms with van der Waals surface area (Å²) in [7, 11) is 0. The van der Waals surface area contributed by atoms with Crippen molar-refractivity contribution in [2.45, 2.75) is 45.4 Å². The third-order valence-corrected chi connectivity index (χ3v) is 4.23. The van der Waals surface area contributed by atoms with E-state index in [2.05, 4.69) is 12.2 Å². The van der Waals surface area contributed by atoms with E-state index >= 15 is 0 Å². The zero-order valence-electron chi connectivity index (χ0n) is 12.9. The van der Waals surface area contributed by atoms with Gasteiger partial charge in [-0.1, -0.05) is 32.3 Å². The van der Waals surface area contributed by atoms with Gasteiger partial charge in [-0.3, -0.25) is 4.79 Å². The van der Waals surface area contributed by atoms with E-state index < -0.39 is 0 Å². The lowest BCUT2D eigenvalue weighted by molar-refractivity contribution is -0.122. The second kappa shape index (κ2) is 7.34. The van der Waals surface area contributed by atoms with E-state index in [0.717, 1.165) is 6.54 Å². The van der Waals surface area contributed by atoms with E-state index in [-0.39, 0.29) is 11.3 Å². The zero-order chi connectivity index (χ0) is 15.1. The summed E-state index contributed by atoms with van der Waals surface area (Å²) < 4.78 is 5.53. The minimum Gasteiger partial charge on any atom is -0.493 e. The molecule has 1 aliphatic carbocycles. The van der Waals surface area contributed by atoms with Crippen molar-refractivity contribution < 1.29 is 9.53 Å². The van der Waals surface area contributed by atoms with Crippen LogP contribution in [0.15, 0.2) is 24.3 Å². The second-order valence-corrected chi connectivity index (χ2v) is 6.32. The molecule has 1 aliphatic rings. The smallest absolute Gasteiger partial charge is 0.223 e. The third kappa shape index (κ3) is 5.29. The summed E-state index contributed by atoms with van der Waals surface area (Å²) in [6.07, 6.45) is 6.71. The zero-order valence-corrected chi connectivity index (χ0v) is 12.9. The summed E-state index contributed by atoms with van der Waals surface area (Å²) in [6, 6.07) is 7.26. The number of anilines is 1. The number of rotatable bonds is 6. The van der Waals surface area contributed by atoms with Crippen molar-refractivity contribution in [3.05, 3.63) is 24.3 Å². The summed E-state index contributed by atoms with van der Waals surface area (Å²) in [4.78, 5) is 11.9. The molecule has 116 valence electrons. The maximum atomic E-state index is 11.9. The summed E-state index contributed by atoms with van der Waals surface area (Å²) in [5.74, 6) is 0.771. The first-order valence-corrected chi connectivity index (χ1v) is 7.82. The van der Waals surface area contributed by atoms with Gasteiger partial charge in [0.15, 0.2) is 0 Å². The van der Waals surface area contributed by atoms with Crippen LogP contribution in [0.2, 0.25) is 0 Å². The highest BCUT2D eigenvalue weighted by atomic mass is 16.5. The van der Waals surface area contributed by atoms with E-state index in [0.29, 0.717) is 24.5 Å². The van der Waals surface area contributed by atoms with Crippen molar-refractivity contribution in [3.8, 4) is 5.75 Å². The van der Waals surface area contributed by atoms with Crippen LogP contribution in [0.1, 0.15) is 45.4 Å². The maximum absolute atomic E-state index is 11.9. The van der Waals surface area contributed by atoms with Gasteiger partial charge >= 0.3 is 0 Å². The molecular weight excluding hydrogens is 264 g/mol. The summed E-state index contributed by atoms with van der Waals surface area (Å²) in [5.41, 5.74) is 6.62. The Hall–Kier alpha value is -1.71. The monoisotopic (exact) mass is 290 g/mol. The van der Waals surface area contributed by atoms with Crippen LogP contribution in [0, 0.1) is 5.41 Å². The van der Waals surface area contributed by atoms with Crippen molar-refractivity contribution in [1.82, 2.24) is 5.32 Å². The topological polar surface area (TPSA) is 64.3 Å². The minimum atomic E-state index is 0.0608. The molecule has 0 aliphatic heterocycles. The average molecular weight is 290 g/mol. The van der Waals surface area contributed by atoms with Crippen molar-refractivity contribution in [2.24, 2.45) is 5.41 Å². The Kier molecular flexibility index (Phi) is 5.48. The highest BCUT2D eigenvalue weighted by Crippen LogP contribution is 2.34. The Morgan fingerprint density at radius 3 is 2.81 bits per heavy atom. The SMILES string of the molecule is CC1(CNC(=O)CCOc2cccc(N)c2)CCCCC1. The van der Waals surface area contributed by atoms with Crippen LogP contribution in [0.4, 0.5) is 5.69 Å². The lowest BCUT2D eigenvalue weighted by atomic mass is 9.76. The van der Waals surface area contributed by atoms with E-state index in [9.17, 15) is 4.79 Å². The first-order valence-electron chi connectivity index (χ1n) is 7.82. The molecule has 0 aromatic heterocycles. The van der Waals surface area contributed by atoms with Crippen LogP contribution >= 0.6 is 0 Å². The quantitative estimate of drug-likeness (QED) is 0.791. The fraction of sp³-hybridized carbons (Fsp3) is 0.588. The fourth-order valence-electron chi connectivity index (χ4n) is 2.85. The van der Waals surface area contributed by atoms with Crippen molar-refractivity contribution in [3.63, 3.8) is 0 Å². The molecular formula is C17H26N2O2. The number of nitrogens with two attached hydrogens (primary N) is 1. The molecule has 1 fully saturated rings. The minimum absolute atomic E-state index is 0.0608. The Morgan fingerprint density at radius 2 is 2.10 bits per heavy atom.